The molecule has 8 heteroatoms. The van der Waals surface area contributed by atoms with E-state index in [9.17, 15) is 9.59 Å². The highest BCUT2D eigenvalue weighted by Gasteiger charge is 2.28. The number of hydrogen-bond donors (Lipinski definition) is 0. The summed E-state index contributed by atoms with van der Waals surface area (Å²) < 4.78 is 5.14. The maximum Gasteiger partial charge on any atom is 0.246 e. The summed E-state index contributed by atoms with van der Waals surface area (Å²) in [6.45, 7) is 1.13. The lowest BCUT2D eigenvalue weighted by Crippen LogP contribution is -2.42. The topological polar surface area (TPSA) is 90.2 Å². The van der Waals surface area contributed by atoms with Gasteiger partial charge in [-0.1, -0.05) is 30.3 Å². The van der Waals surface area contributed by atoms with Gasteiger partial charge in [0, 0.05) is 30.1 Å². The Bertz CT molecular complexity index is 1010. The van der Waals surface area contributed by atoms with E-state index in [4.69, 9.17) is 4.74 Å². The van der Waals surface area contributed by atoms with Crippen molar-refractivity contribution in [2.24, 2.45) is 5.92 Å². The molecular formula is C22H23N5O3. The summed E-state index contributed by atoms with van der Waals surface area (Å²) in [6, 6.07) is 16.7. The molecule has 1 aromatic heterocycles. The van der Waals surface area contributed by atoms with Gasteiger partial charge in [0.05, 0.1) is 7.11 Å². The van der Waals surface area contributed by atoms with Crippen molar-refractivity contribution < 1.29 is 14.3 Å². The van der Waals surface area contributed by atoms with Crippen molar-refractivity contribution in [3.63, 3.8) is 0 Å². The van der Waals surface area contributed by atoms with Crippen LogP contribution in [0.1, 0.15) is 23.2 Å². The first-order valence-electron chi connectivity index (χ1n) is 9.93. The van der Waals surface area contributed by atoms with Gasteiger partial charge >= 0.3 is 0 Å². The maximum absolute atomic E-state index is 12.7. The number of hydrogen-bond acceptors (Lipinski definition) is 6. The van der Waals surface area contributed by atoms with Gasteiger partial charge in [-0.3, -0.25) is 9.59 Å². The number of Topliss-reactive ketones (excluding diaryl/α,β-unsaturated/α-hetero) is 1. The van der Waals surface area contributed by atoms with Gasteiger partial charge in [-0.25, -0.2) is 0 Å². The highest BCUT2D eigenvalue weighted by Crippen LogP contribution is 2.23. The third-order valence-electron chi connectivity index (χ3n) is 5.35. The molecular weight excluding hydrogens is 382 g/mol. The number of ether oxygens (including phenoxy) is 1. The highest BCUT2D eigenvalue weighted by atomic mass is 16.5. The van der Waals surface area contributed by atoms with E-state index in [0.29, 0.717) is 37.3 Å². The number of carbonyl (C=O) groups is 2. The SMILES string of the molecule is COc1ccc(C(=O)C2CCN(C(=O)Cn3nnc(-c4ccccc4)n3)CC2)cc1. The molecule has 1 amide bonds. The predicted octanol–water partition coefficient (Wildman–Crippen LogP) is 2.47. The summed E-state index contributed by atoms with van der Waals surface area (Å²) in [7, 11) is 1.60. The highest BCUT2D eigenvalue weighted by molar-refractivity contribution is 5.98. The summed E-state index contributed by atoms with van der Waals surface area (Å²) in [4.78, 5) is 28.4. The predicted molar refractivity (Wildman–Crippen MR) is 110 cm³/mol. The van der Waals surface area contributed by atoms with Gasteiger partial charge in [0.25, 0.3) is 0 Å². The second-order valence-corrected chi connectivity index (χ2v) is 7.26. The Morgan fingerprint density at radius 3 is 2.40 bits per heavy atom. The van der Waals surface area contributed by atoms with Crippen molar-refractivity contribution in [2.75, 3.05) is 20.2 Å². The smallest absolute Gasteiger partial charge is 0.246 e. The molecule has 1 aliphatic rings. The van der Waals surface area contributed by atoms with E-state index < -0.39 is 0 Å². The molecule has 30 heavy (non-hydrogen) atoms. The monoisotopic (exact) mass is 405 g/mol. The molecule has 2 aromatic carbocycles. The number of likely N-dealkylation sites (tertiary alicyclic amines) is 1. The third-order valence-corrected chi connectivity index (χ3v) is 5.35. The van der Waals surface area contributed by atoms with Crippen LogP contribution >= 0.6 is 0 Å². The zero-order valence-electron chi connectivity index (χ0n) is 16.8. The fraction of sp³-hybridized carbons (Fsp3) is 0.318. The van der Waals surface area contributed by atoms with Crippen molar-refractivity contribution >= 4 is 11.7 Å². The summed E-state index contributed by atoms with van der Waals surface area (Å²) in [5.41, 5.74) is 1.54. The zero-order valence-corrected chi connectivity index (χ0v) is 16.8. The van der Waals surface area contributed by atoms with E-state index >= 15 is 0 Å². The first kappa shape index (κ1) is 19.8. The lowest BCUT2D eigenvalue weighted by molar-refractivity contribution is -0.133. The Labute approximate surface area is 174 Å². The number of piperidine rings is 1. The first-order chi connectivity index (χ1) is 14.6. The number of carbonyl (C=O) groups excluding carboxylic acids is 2. The quantitative estimate of drug-likeness (QED) is 0.585. The summed E-state index contributed by atoms with van der Waals surface area (Å²) >= 11 is 0. The number of benzene rings is 2. The molecule has 0 aliphatic carbocycles. The van der Waals surface area contributed by atoms with Gasteiger partial charge in [0.1, 0.15) is 12.3 Å². The molecule has 0 atom stereocenters. The van der Waals surface area contributed by atoms with Crippen LogP contribution in [0.15, 0.2) is 54.6 Å². The van der Waals surface area contributed by atoms with E-state index in [1.165, 1.54) is 4.80 Å². The average molecular weight is 405 g/mol. The molecule has 1 fully saturated rings. The van der Waals surface area contributed by atoms with Crippen molar-refractivity contribution in [3.05, 3.63) is 60.2 Å². The average Bonchev–Trinajstić information content (AvgIpc) is 3.28. The zero-order chi connectivity index (χ0) is 20.9. The van der Waals surface area contributed by atoms with Crippen LogP contribution in [-0.4, -0.2) is 57.0 Å². The van der Waals surface area contributed by atoms with Gasteiger partial charge in [-0.2, -0.15) is 4.80 Å². The lowest BCUT2D eigenvalue weighted by Gasteiger charge is -2.31. The van der Waals surface area contributed by atoms with Crippen molar-refractivity contribution in [2.45, 2.75) is 19.4 Å². The molecule has 2 heterocycles. The number of amides is 1. The number of ketones is 1. The van der Waals surface area contributed by atoms with Crippen LogP contribution in [0.25, 0.3) is 11.4 Å². The number of rotatable bonds is 6. The lowest BCUT2D eigenvalue weighted by atomic mass is 9.89. The molecule has 0 radical (unpaired) electrons. The standard InChI is InChI=1S/C22H23N5O3/c1-30-19-9-7-16(8-10-19)21(29)17-11-13-26(14-12-17)20(28)15-27-24-22(23-25-27)18-5-3-2-4-6-18/h2-10,17H,11-15H2,1H3. The summed E-state index contributed by atoms with van der Waals surface area (Å²) in [5, 5.41) is 12.3. The molecule has 0 N–H and O–H groups in total. The van der Waals surface area contributed by atoms with Gasteiger partial charge in [0.2, 0.25) is 11.7 Å². The molecule has 1 saturated heterocycles. The van der Waals surface area contributed by atoms with Crippen molar-refractivity contribution in [1.29, 1.82) is 0 Å². The van der Waals surface area contributed by atoms with E-state index in [1.807, 2.05) is 30.3 Å². The normalized spacial score (nSPS) is 14.5. The fourth-order valence-corrected chi connectivity index (χ4v) is 3.62. The van der Waals surface area contributed by atoms with Crippen LogP contribution in [0.5, 0.6) is 5.75 Å². The van der Waals surface area contributed by atoms with Crippen LogP contribution in [0, 0.1) is 5.92 Å². The minimum Gasteiger partial charge on any atom is -0.497 e. The molecule has 0 bridgehead atoms. The minimum absolute atomic E-state index is 0.0386. The number of nitrogens with zero attached hydrogens (tertiary/aromatic N) is 5. The maximum atomic E-state index is 12.7. The van der Waals surface area contributed by atoms with Crippen LogP contribution in [0.2, 0.25) is 0 Å². The van der Waals surface area contributed by atoms with Crippen LogP contribution in [0.4, 0.5) is 0 Å². The number of aromatic nitrogens is 4. The molecule has 0 unspecified atom stereocenters. The Morgan fingerprint density at radius 2 is 1.73 bits per heavy atom. The van der Waals surface area contributed by atoms with Crippen LogP contribution < -0.4 is 4.74 Å². The van der Waals surface area contributed by atoms with Gasteiger partial charge in [-0.05, 0) is 42.3 Å². The minimum atomic E-state index is -0.0726. The second kappa shape index (κ2) is 8.86. The molecule has 154 valence electrons. The Kier molecular flexibility index (Phi) is 5.83. The molecule has 4 rings (SSSR count). The third kappa shape index (κ3) is 4.37. The Balaban J connectivity index is 1.31. The molecule has 1 aliphatic heterocycles. The summed E-state index contributed by atoms with van der Waals surface area (Å²) in [5.74, 6) is 1.20. The molecule has 0 saturated carbocycles. The van der Waals surface area contributed by atoms with E-state index in [-0.39, 0.29) is 24.2 Å². The second-order valence-electron chi connectivity index (χ2n) is 7.26. The van der Waals surface area contributed by atoms with E-state index in [2.05, 4.69) is 15.4 Å². The molecule has 0 spiro atoms. The van der Waals surface area contributed by atoms with Crippen molar-refractivity contribution in [1.82, 2.24) is 25.1 Å². The van der Waals surface area contributed by atoms with Gasteiger partial charge < -0.3 is 9.64 Å². The summed E-state index contributed by atoms with van der Waals surface area (Å²) in [6.07, 6.45) is 1.30. The van der Waals surface area contributed by atoms with Crippen molar-refractivity contribution in [3.8, 4) is 17.1 Å². The first-order valence-corrected chi connectivity index (χ1v) is 9.93. The number of methoxy groups -OCH3 is 1. The van der Waals surface area contributed by atoms with Crippen LogP contribution in [-0.2, 0) is 11.3 Å². The van der Waals surface area contributed by atoms with Gasteiger partial charge in [-0.15, -0.1) is 10.2 Å². The Morgan fingerprint density at radius 1 is 1.03 bits per heavy atom. The number of tetrazole rings is 1. The molecule has 3 aromatic rings. The largest absolute Gasteiger partial charge is 0.497 e. The Hall–Kier alpha value is -3.55. The fourth-order valence-electron chi connectivity index (χ4n) is 3.62. The molecule has 8 nitrogen and oxygen atoms in total. The van der Waals surface area contributed by atoms with E-state index in [1.54, 1.807) is 36.3 Å². The van der Waals surface area contributed by atoms with E-state index in [0.717, 1.165) is 11.3 Å². The van der Waals surface area contributed by atoms with Gasteiger partial charge in [0.15, 0.2) is 5.78 Å². The van der Waals surface area contributed by atoms with Crippen LogP contribution in [0.3, 0.4) is 0 Å².